The minimum absolute atomic E-state index is 0.348. The van der Waals surface area contributed by atoms with Crippen molar-refractivity contribution in [3.63, 3.8) is 0 Å². The highest BCUT2D eigenvalue weighted by Gasteiger charge is 2.22. The van der Waals surface area contributed by atoms with Gasteiger partial charge in [-0.1, -0.05) is 0 Å². The van der Waals surface area contributed by atoms with Crippen molar-refractivity contribution in [2.24, 2.45) is 4.99 Å². The second-order valence-corrected chi connectivity index (χ2v) is 6.24. The molecule has 1 saturated heterocycles. The van der Waals surface area contributed by atoms with Crippen LogP contribution in [0.4, 0.5) is 5.69 Å². The summed E-state index contributed by atoms with van der Waals surface area (Å²) < 4.78 is 6.80. The van der Waals surface area contributed by atoms with Gasteiger partial charge in [-0.15, -0.1) is 0 Å². The molecule has 0 spiro atoms. The van der Waals surface area contributed by atoms with Gasteiger partial charge in [-0.3, -0.25) is 0 Å². The Morgan fingerprint density at radius 2 is 2.27 bits per heavy atom. The number of ether oxygens (including phenoxy) is 1. The zero-order valence-corrected chi connectivity index (χ0v) is 15.5. The predicted octanol–water partition coefficient (Wildman–Crippen LogP) is 3.65. The summed E-state index contributed by atoms with van der Waals surface area (Å²) in [5, 5.41) is 4.28. The van der Waals surface area contributed by atoms with Gasteiger partial charge in [0.1, 0.15) is 5.84 Å². The van der Waals surface area contributed by atoms with Gasteiger partial charge in [0, 0.05) is 42.8 Å². The molecule has 2 heterocycles. The van der Waals surface area contributed by atoms with Crippen molar-refractivity contribution in [2.75, 3.05) is 18.1 Å². The molecule has 6 nitrogen and oxygen atoms in total. The van der Waals surface area contributed by atoms with E-state index in [9.17, 15) is 4.79 Å². The van der Waals surface area contributed by atoms with Crippen LogP contribution in [0.1, 0.15) is 32.3 Å². The molecule has 0 atom stereocenters. The van der Waals surface area contributed by atoms with E-state index in [1.807, 2.05) is 23.9 Å². The first-order valence-electron chi connectivity index (χ1n) is 8.89. The molecule has 0 bridgehead atoms. The molecule has 0 unspecified atom stereocenters. The first-order chi connectivity index (χ1) is 12.6. The summed E-state index contributed by atoms with van der Waals surface area (Å²) >= 11 is 0. The highest BCUT2D eigenvalue weighted by molar-refractivity contribution is 6.01. The van der Waals surface area contributed by atoms with Gasteiger partial charge in [-0.05, 0) is 57.0 Å². The normalized spacial score (nSPS) is 16.3. The van der Waals surface area contributed by atoms with Crippen LogP contribution in [0, 0.1) is 6.92 Å². The van der Waals surface area contributed by atoms with Gasteiger partial charge in [-0.25, -0.2) is 14.5 Å². The van der Waals surface area contributed by atoms with E-state index in [0.717, 1.165) is 36.6 Å². The van der Waals surface area contributed by atoms with E-state index in [0.29, 0.717) is 12.3 Å². The van der Waals surface area contributed by atoms with Crippen molar-refractivity contribution < 1.29 is 9.53 Å². The van der Waals surface area contributed by atoms with E-state index in [1.165, 1.54) is 11.6 Å². The van der Waals surface area contributed by atoms with Crippen LogP contribution in [0.5, 0.6) is 0 Å². The third kappa shape index (κ3) is 4.02. The molecule has 0 aliphatic carbocycles. The van der Waals surface area contributed by atoms with E-state index in [-0.39, 0.29) is 5.97 Å². The Morgan fingerprint density at radius 3 is 2.96 bits per heavy atom. The van der Waals surface area contributed by atoms with E-state index < -0.39 is 0 Å². The summed E-state index contributed by atoms with van der Waals surface area (Å²) in [5.41, 5.74) is 4.00. The highest BCUT2D eigenvalue weighted by atomic mass is 16.5. The molecule has 0 saturated carbocycles. The molecule has 1 aromatic heterocycles. The lowest BCUT2D eigenvalue weighted by Crippen LogP contribution is -2.25. The third-order valence-electron chi connectivity index (χ3n) is 4.25. The van der Waals surface area contributed by atoms with Crippen LogP contribution in [-0.4, -0.2) is 34.7 Å². The quantitative estimate of drug-likeness (QED) is 0.609. The molecule has 2 aromatic rings. The number of rotatable bonds is 5. The summed E-state index contributed by atoms with van der Waals surface area (Å²) in [6.07, 6.45) is 7.09. The van der Waals surface area contributed by atoms with Crippen LogP contribution in [0.15, 0.2) is 53.4 Å². The van der Waals surface area contributed by atoms with Crippen LogP contribution in [0.25, 0.3) is 5.69 Å². The summed E-state index contributed by atoms with van der Waals surface area (Å²) in [6.45, 7) is 7.01. The van der Waals surface area contributed by atoms with Gasteiger partial charge in [0.25, 0.3) is 0 Å². The molecule has 136 valence electrons. The van der Waals surface area contributed by atoms with Crippen LogP contribution in [0.3, 0.4) is 0 Å². The Morgan fingerprint density at radius 1 is 1.42 bits per heavy atom. The lowest BCUT2D eigenvalue weighted by molar-refractivity contribution is -0.137. The second-order valence-electron chi connectivity index (χ2n) is 6.24. The number of aliphatic imine (C=N–C) groups is 1. The molecule has 1 aliphatic heterocycles. The molecule has 6 heteroatoms. The Labute approximate surface area is 153 Å². The SMILES string of the molecule is CCOC(=O)/C=C(\C)N=C1CCCN1c1ccc(-n2cccn2)cc1C. The van der Waals surface area contributed by atoms with Crippen molar-refractivity contribution in [1.82, 2.24) is 9.78 Å². The largest absolute Gasteiger partial charge is 0.463 e. The summed E-state index contributed by atoms with van der Waals surface area (Å²) in [7, 11) is 0. The molecule has 26 heavy (non-hydrogen) atoms. The Hall–Kier alpha value is -2.89. The fraction of sp³-hybridized carbons (Fsp3) is 0.350. The maximum Gasteiger partial charge on any atom is 0.332 e. The average molecular weight is 352 g/mol. The minimum Gasteiger partial charge on any atom is -0.463 e. The van der Waals surface area contributed by atoms with E-state index in [1.54, 1.807) is 13.1 Å². The summed E-state index contributed by atoms with van der Waals surface area (Å²) in [5.74, 6) is 0.636. The van der Waals surface area contributed by atoms with Crippen molar-refractivity contribution in [3.05, 3.63) is 54.0 Å². The van der Waals surface area contributed by atoms with Crippen molar-refractivity contribution in [2.45, 2.75) is 33.6 Å². The van der Waals surface area contributed by atoms with Gasteiger partial charge >= 0.3 is 5.97 Å². The number of nitrogens with zero attached hydrogens (tertiary/aromatic N) is 4. The predicted molar refractivity (Wildman–Crippen MR) is 103 cm³/mol. The smallest absolute Gasteiger partial charge is 0.332 e. The molecule has 0 radical (unpaired) electrons. The number of amidine groups is 1. The number of esters is 1. The number of aromatic nitrogens is 2. The summed E-state index contributed by atoms with van der Waals surface area (Å²) in [4.78, 5) is 18.5. The standard InChI is InChI=1S/C20H24N4O2/c1-4-26-20(25)14-16(3)22-19-7-5-11-23(19)18-9-8-17(13-15(18)2)24-12-6-10-21-24/h6,8-10,12-14H,4-5,7,11H2,1-3H3/b16-14+,22-19?. The number of hydrogen-bond acceptors (Lipinski definition) is 4. The topological polar surface area (TPSA) is 59.7 Å². The van der Waals surface area contributed by atoms with Crippen LogP contribution < -0.4 is 4.90 Å². The van der Waals surface area contributed by atoms with E-state index >= 15 is 0 Å². The van der Waals surface area contributed by atoms with Gasteiger partial charge in [0.15, 0.2) is 0 Å². The highest BCUT2D eigenvalue weighted by Crippen LogP contribution is 2.28. The lowest BCUT2D eigenvalue weighted by Gasteiger charge is -2.22. The maximum absolute atomic E-state index is 11.6. The molecule has 1 aliphatic rings. The Bertz CT molecular complexity index is 838. The lowest BCUT2D eigenvalue weighted by atomic mass is 10.1. The number of carbonyl (C=O) groups is 1. The zero-order valence-electron chi connectivity index (χ0n) is 15.5. The van der Waals surface area contributed by atoms with Crippen molar-refractivity contribution in [1.29, 1.82) is 0 Å². The average Bonchev–Trinajstić information content (AvgIpc) is 3.26. The summed E-state index contributed by atoms with van der Waals surface area (Å²) in [6, 6.07) is 8.21. The molecule has 3 rings (SSSR count). The van der Waals surface area contributed by atoms with Crippen LogP contribution in [-0.2, 0) is 9.53 Å². The number of hydrogen-bond donors (Lipinski definition) is 0. The molecule has 0 amide bonds. The van der Waals surface area contributed by atoms with Crippen molar-refractivity contribution in [3.8, 4) is 5.69 Å². The Kier molecular flexibility index (Phi) is 5.51. The van der Waals surface area contributed by atoms with Crippen LogP contribution in [0.2, 0.25) is 0 Å². The first kappa shape index (κ1) is 17.9. The number of aryl methyl sites for hydroxylation is 1. The fourth-order valence-corrected chi connectivity index (χ4v) is 3.13. The minimum atomic E-state index is -0.348. The number of anilines is 1. The van der Waals surface area contributed by atoms with E-state index in [4.69, 9.17) is 4.74 Å². The van der Waals surface area contributed by atoms with Gasteiger partial charge in [-0.2, -0.15) is 5.10 Å². The fourth-order valence-electron chi connectivity index (χ4n) is 3.13. The Balaban J connectivity index is 1.84. The van der Waals surface area contributed by atoms with Crippen molar-refractivity contribution >= 4 is 17.5 Å². The number of allylic oxidation sites excluding steroid dienone is 1. The number of carbonyl (C=O) groups excluding carboxylic acids is 1. The first-order valence-corrected chi connectivity index (χ1v) is 8.89. The molecule has 1 fully saturated rings. The van der Waals surface area contributed by atoms with Gasteiger partial charge < -0.3 is 9.64 Å². The molecular weight excluding hydrogens is 328 g/mol. The molecular formula is C20H24N4O2. The third-order valence-corrected chi connectivity index (χ3v) is 4.25. The zero-order chi connectivity index (χ0) is 18.5. The van der Waals surface area contributed by atoms with Crippen LogP contribution >= 0.6 is 0 Å². The maximum atomic E-state index is 11.6. The molecule has 1 aromatic carbocycles. The second kappa shape index (κ2) is 7.99. The number of benzene rings is 1. The van der Waals surface area contributed by atoms with E-state index in [2.05, 4.69) is 40.1 Å². The molecule has 0 N–H and O–H groups in total. The monoisotopic (exact) mass is 352 g/mol. The van der Waals surface area contributed by atoms with Gasteiger partial charge in [0.2, 0.25) is 0 Å². The van der Waals surface area contributed by atoms with Gasteiger partial charge in [0.05, 0.1) is 12.3 Å².